The fourth-order valence-corrected chi connectivity index (χ4v) is 1.82. The second-order valence-electron chi connectivity index (χ2n) is 4.41. The summed E-state index contributed by atoms with van der Waals surface area (Å²) < 4.78 is 3.15. The summed E-state index contributed by atoms with van der Waals surface area (Å²) in [4.78, 5) is 11.0. The van der Waals surface area contributed by atoms with Crippen LogP contribution in [-0.4, -0.2) is 25.5 Å². The molecule has 0 saturated heterocycles. The van der Waals surface area contributed by atoms with E-state index in [2.05, 4.69) is 10.2 Å². The van der Waals surface area contributed by atoms with Crippen LogP contribution in [0.3, 0.4) is 0 Å². The van der Waals surface area contributed by atoms with Crippen LogP contribution in [-0.2, 0) is 7.05 Å². The number of nitrogens with two attached hydrogens (primary N) is 2. The Labute approximate surface area is 104 Å². The molecule has 18 heavy (non-hydrogen) atoms. The molecule has 0 unspecified atom stereocenters. The number of aromatic nitrogens is 4. The fraction of sp³-hybridized carbons (Fsp3) is 0.364. The van der Waals surface area contributed by atoms with Gasteiger partial charge in [-0.25, -0.2) is 9.36 Å². The second kappa shape index (κ2) is 4.17. The molecule has 2 aromatic heterocycles. The Morgan fingerprint density at radius 2 is 2.06 bits per heavy atom. The van der Waals surface area contributed by atoms with E-state index in [-0.39, 0.29) is 11.6 Å². The molecule has 0 aliphatic carbocycles. The second-order valence-corrected chi connectivity index (χ2v) is 4.41. The zero-order valence-corrected chi connectivity index (χ0v) is 10.6. The topological polar surface area (TPSA) is 105 Å². The third-order valence-corrected chi connectivity index (χ3v) is 2.69. The summed E-state index contributed by atoms with van der Waals surface area (Å²) in [5.74, 6) is 0.279. The number of carbonyl (C=O) groups excluding carboxylic acids is 1. The first kappa shape index (κ1) is 12.2. The van der Waals surface area contributed by atoms with Crippen LogP contribution >= 0.6 is 0 Å². The number of nitrogen functional groups attached to an aromatic ring is 1. The van der Waals surface area contributed by atoms with Gasteiger partial charge in [0.25, 0.3) is 5.91 Å². The van der Waals surface area contributed by atoms with E-state index in [0.717, 1.165) is 5.69 Å². The molecular formula is C11H16N6O. The molecular weight excluding hydrogens is 232 g/mol. The number of hydrogen-bond donors (Lipinski definition) is 2. The van der Waals surface area contributed by atoms with E-state index in [4.69, 9.17) is 11.5 Å². The van der Waals surface area contributed by atoms with Gasteiger partial charge in [-0.15, -0.1) is 0 Å². The number of nitrogens with zero attached hydrogens (tertiary/aromatic N) is 4. The van der Waals surface area contributed by atoms with Gasteiger partial charge < -0.3 is 11.5 Å². The predicted molar refractivity (Wildman–Crippen MR) is 67.3 cm³/mol. The Bertz CT molecular complexity index is 595. The summed E-state index contributed by atoms with van der Waals surface area (Å²) in [6.45, 7) is 4.03. The molecule has 2 heterocycles. The van der Waals surface area contributed by atoms with Gasteiger partial charge in [-0.1, -0.05) is 13.8 Å². The van der Waals surface area contributed by atoms with E-state index in [1.54, 1.807) is 24.0 Å². The van der Waals surface area contributed by atoms with E-state index >= 15 is 0 Å². The third kappa shape index (κ3) is 1.83. The number of hydrogen-bond acceptors (Lipinski definition) is 4. The minimum absolute atomic E-state index is 0.196. The van der Waals surface area contributed by atoms with Crippen LogP contribution in [0.5, 0.6) is 0 Å². The molecule has 2 rings (SSSR count). The highest BCUT2D eigenvalue weighted by Crippen LogP contribution is 2.26. The number of carbonyl (C=O) groups is 1. The minimum Gasteiger partial charge on any atom is -0.394 e. The first-order chi connectivity index (χ1) is 8.41. The zero-order chi connectivity index (χ0) is 13.4. The zero-order valence-electron chi connectivity index (χ0n) is 10.6. The summed E-state index contributed by atoms with van der Waals surface area (Å²) in [7, 11) is 1.78. The van der Waals surface area contributed by atoms with Gasteiger partial charge in [0, 0.05) is 13.2 Å². The van der Waals surface area contributed by atoms with E-state index in [1.807, 2.05) is 13.8 Å². The molecule has 0 aromatic carbocycles. The molecule has 0 aliphatic rings. The third-order valence-electron chi connectivity index (χ3n) is 2.69. The Morgan fingerprint density at radius 3 is 2.50 bits per heavy atom. The van der Waals surface area contributed by atoms with Gasteiger partial charge in [0.1, 0.15) is 11.4 Å². The first-order valence-corrected chi connectivity index (χ1v) is 5.60. The highest BCUT2D eigenvalue weighted by Gasteiger charge is 2.18. The van der Waals surface area contributed by atoms with Crippen molar-refractivity contribution in [3.8, 4) is 5.82 Å². The lowest BCUT2D eigenvalue weighted by Crippen LogP contribution is -2.13. The predicted octanol–water partition coefficient (Wildman–Crippen LogP) is 0.410. The van der Waals surface area contributed by atoms with Crippen LogP contribution < -0.4 is 11.5 Å². The van der Waals surface area contributed by atoms with Crippen molar-refractivity contribution in [2.24, 2.45) is 12.8 Å². The summed E-state index contributed by atoms with van der Waals surface area (Å²) in [5.41, 5.74) is 12.8. The van der Waals surface area contributed by atoms with E-state index in [1.165, 1.54) is 4.68 Å². The summed E-state index contributed by atoms with van der Waals surface area (Å²) >= 11 is 0. The average molecular weight is 248 g/mol. The van der Waals surface area contributed by atoms with Gasteiger partial charge in [0.2, 0.25) is 0 Å². The van der Waals surface area contributed by atoms with E-state index in [0.29, 0.717) is 11.5 Å². The van der Waals surface area contributed by atoms with Crippen molar-refractivity contribution >= 4 is 11.6 Å². The summed E-state index contributed by atoms with van der Waals surface area (Å²) in [6, 6.07) is 1.55. The SMILES string of the molecule is CC(C)c1nn(C)c(-n2ccc(C(N)=O)n2)c1N. The van der Waals surface area contributed by atoms with Crippen molar-refractivity contribution in [2.75, 3.05) is 5.73 Å². The molecule has 0 aliphatic heterocycles. The molecule has 7 heteroatoms. The van der Waals surface area contributed by atoms with Gasteiger partial charge in [-0.2, -0.15) is 10.2 Å². The normalized spacial score (nSPS) is 11.1. The Balaban J connectivity index is 2.53. The molecule has 1 amide bonds. The molecule has 2 aromatic rings. The highest BCUT2D eigenvalue weighted by atomic mass is 16.1. The Hall–Kier alpha value is -2.31. The molecule has 0 radical (unpaired) electrons. The number of amides is 1. The monoisotopic (exact) mass is 248 g/mol. The van der Waals surface area contributed by atoms with Gasteiger partial charge in [-0.3, -0.25) is 4.79 Å². The van der Waals surface area contributed by atoms with Crippen molar-refractivity contribution in [3.05, 3.63) is 23.7 Å². The van der Waals surface area contributed by atoms with Gasteiger partial charge in [-0.05, 0) is 12.0 Å². The Kier molecular flexibility index (Phi) is 2.82. The summed E-state index contributed by atoms with van der Waals surface area (Å²) in [6.07, 6.45) is 1.64. The minimum atomic E-state index is -0.571. The van der Waals surface area contributed by atoms with Crippen molar-refractivity contribution in [2.45, 2.75) is 19.8 Å². The van der Waals surface area contributed by atoms with Crippen LogP contribution in [0.1, 0.15) is 35.9 Å². The van der Waals surface area contributed by atoms with Crippen LogP contribution in [0.4, 0.5) is 5.69 Å². The standard InChI is InChI=1S/C11H16N6O/c1-6(2)9-8(12)11(16(3)15-9)17-5-4-7(14-17)10(13)18/h4-6H,12H2,1-3H3,(H2,13,18). The molecule has 0 atom stereocenters. The van der Waals surface area contributed by atoms with E-state index < -0.39 is 5.91 Å². The largest absolute Gasteiger partial charge is 0.394 e. The van der Waals surface area contributed by atoms with Crippen LogP contribution in [0.25, 0.3) is 5.82 Å². The lowest BCUT2D eigenvalue weighted by atomic mass is 10.1. The molecule has 0 spiro atoms. The quantitative estimate of drug-likeness (QED) is 0.820. The molecule has 4 N–H and O–H groups in total. The Morgan fingerprint density at radius 1 is 1.39 bits per heavy atom. The van der Waals surface area contributed by atoms with E-state index in [9.17, 15) is 4.79 Å². The van der Waals surface area contributed by atoms with Crippen molar-refractivity contribution in [3.63, 3.8) is 0 Å². The number of primary amides is 1. The van der Waals surface area contributed by atoms with Crippen molar-refractivity contribution < 1.29 is 4.79 Å². The average Bonchev–Trinajstić information content (AvgIpc) is 2.83. The smallest absolute Gasteiger partial charge is 0.269 e. The lowest BCUT2D eigenvalue weighted by Gasteiger charge is -2.03. The molecule has 0 bridgehead atoms. The van der Waals surface area contributed by atoms with Crippen LogP contribution in [0.2, 0.25) is 0 Å². The number of aryl methyl sites for hydroxylation is 1. The highest BCUT2D eigenvalue weighted by molar-refractivity contribution is 5.90. The van der Waals surface area contributed by atoms with Gasteiger partial charge >= 0.3 is 0 Å². The van der Waals surface area contributed by atoms with Crippen LogP contribution in [0.15, 0.2) is 12.3 Å². The maximum atomic E-state index is 11.0. The van der Waals surface area contributed by atoms with Gasteiger partial charge in [0.15, 0.2) is 5.82 Å². The molecule has 96 valence electrons. The summed E-state index contributed by atoms with van der Waals surface area (Å²) in [5, 5.41) is 8.43. The molecule has 0 fully saturated rings. The lowest BCUT2D eigenvalue weighted by molar-refractivity contribution is 0.0995. The van der Waals surface area contributed by atoms with Crippen LogP contribution in [0, 0.1) is 0 Å². The fourth-order valence-electron chi connectivity index (χ4n) is 1.82. The van der Waals surface area contributed by atoms with Gasteiger partial charge in [0.05, 0.1) is 5.69 Å². The molecule has 7 nitrogen and oxygen atoms in total. The number of anilines is 1. The number of rotatable bonds is 3. The molecule has 0 saturated carbocycles. The van der Waals surface area contributed by atoms with Crippen molar-refractivity contribution in [1.29, 1.82) is 0 Å². The maximum absolute atomic E-state index is 11.0. The maximum Gasteiger partial charge on any atom is 0.269 e. The van der Waals surface area contributed by atoms with Crippen molar-refractivity contribution in [1.82, 2.24) is 19.6 Å². The first-order valence-electron chi connectivity index (χ1n) is 5.60.